The molecular weight excluding hydrogens is 294 g/mol. The highest BCUT2D eigenvalue weighted by Crippen LogP contribution is 2.04. The average Bonchev–Trinajstić information content (AvgIpc) is 3.00. The highest BCUT2D eigenvalue weighted by Gasteiger charge is 2.21. The number of rotatable bonds is 7. The number of benzene rings is 1. The predicted octanol–water partition coefficient (Wildman–Crippen LogP) is 0.667. The number of nitrogens with two attached hydrogens (primary N) is 1. The van der Waals surface area contributed by atoms with Gasteiger partial charge in [-0.05, 0) is 18.6 Å². The van der Waals surface area contributed by atoms with Gasteiger partial charge in [0.15, 0.2) is 0 Å². The normalized spacial score (nSPS) is 13.1. The third-order valence-corrected chi connectivity index (χ3v) is 3.32. The van der Waals surface area contributed by atoms with Crippen LogP contribution >= 0.6 is 0 Å². The summed E-state index contributed by atoms with van der Waals surface area (Å²) in [6, 6.07) is 9.72. The molecule has 1 aromatic carbocycles. The monoisotopic (exact) mass is 315 g/mol. The van der Waals surface area contributed by atoms with Gasteiger partial charge in [0.1, 0.15) is 6.04 Å². The lowest BCUT2D eigenvalue weighted by Crippen LogP contribution is -2.52. The Balaban J connectivity index is 1.96. The van der Waals surface area contributed by atoms with E-state index >= 15 is 0 Å². The molecule has 2 rings (SSSR count). The number of carbonyl (C=O) groups excluding carboxylic acids is 2. The van der Waals surface area contributed by atoms with Crippen molar-refractivity contribution >= 4 is 11.9 Å². The molecule has 0 aliphatic heterocycles. The van der Waals surface area contributed by atoms with Crippen molar-refractivity contribution in [3.63, 3.8) is 0 Å². The zero-order valence-corrected chi connectivity index (χ0v) is 13.0. The smallest absolute Gasteiger partial charge is 0.312 e. The molecule has 3 amide bonds. The summed E-state index contributed by atoms with van der Waals surface area (Å²) in [6.45, 7) is 2.43. The molecule has 2 atom stereocenters. The topological polar surface area (TPSA) is 102 Å². The number of hydrogen-bond acceptors (Lipinski definition) is 3. The molecule has 0 spiro atoms. The summed E-state index contributed by atoms with van der Waals surface area (Å²) in [6.07, 6.45) is 3.89. The minimum absolute atomic E-state index is 0.129. The van der Waals surface area contributed by atoms with E-state index in [1.807, 2.05) is 49.5 Å². The third-order valence-electron chi connectivity index (χ3n) is 3.32. The van der Waals surface area contributed by atoms with Crippen molar-refractivity contribution in [3.8, 4) is 0 Å². The van der Waals surface area contributed by atoms with Crippen LogP contribution in [0, 0.1) is 0 Å². The Morgan fingerprint density at radius 3 is 2.57 bits per heavy atom. The van der Waals surface area contributed by atoms with Crippen molar-refractivity contribution < 1.29 is 9.59 Å². The van der Waals surface area contributed by atoms with Crippen molar-refractivity contribution in [2.75, 3.05) is 0 Å². The van der Waals surface area contributed by atoms with E-state index in [1.165, 1.54) is 0 Å². The summed E-state index contributed by atoms with van der Waals surface area (Å²) >= 11 is 0. The van der Waals surface area contributed by atoms with Gasteiger partial charge in [0.25, 0.3) is 0 Å². The van der Waals surface area contributed by atoms with Crippen LogP contribution in [0.2, 0.25) is 0 Å². The van der Waals surface area contributed by atoms with E-state index in [0.717, 1.165) is 5.56 Å². The Morgan fingerprint density at radius 2 is 1.96 bits per heavy atom. The van der Waals surface area contributed by atoms with Crippen LogP contribution in [0.15, 0.2) is 48.8 Å². The second-order valence-electron chi connectivity index (χ2n) is 5.39. The lowest BCUT2D eigenvalue weighted by molar-refractivity contribution is -0.123. The van der Waals surface area contributed by atoms with Crippen LogP contribution in [-0.2, 0) is 17.8 Å². The fourth-order valence-corrected chi connectivity index (χ4v) is 2.31. The van der Waals surface area contributed by atoms with Crippen molar-refractivity contribution in [1.29, 1.82) is 0 Å². The van der Waals surface area contributed by atoms with E-state index in [4.69, 9.17) is 5.73 Å². The largest absolute Gasteiger partial charge is 0.352 e. The lowest BCUT2D eigenvalue weighted by Gasteiger charge is -2.21. The van der Waals surface area contributed by atoms with Crippen molar-refractivity contribution in [1.82, 2.24) is 20.4 Å². The Bertz CT molecular complexity index is 627. The average molecular weight is 315 g/mol. The number of urea groups is 1. The van der Waals surface area contributed by atoms with Crippen LogP contribution in [0.5, 0.6) is 0 Å². The van der Waals surface area contributed by atoms with Gasteiger partial charge in [-0.15, -0.1) is 0 Å². The van der Waals surface area contributed by atoms with Gasteiger partial charge in [-0.1, -0.05) is 30.3 Å². The molecule has 4 N–H and O–H groups in total. The second kappa shape index (κ2) is 7.98. The Morgan fingerprint density at radius 1 is 1.22 bits per heavy atom. The van der Waals surface area contributed by atoms with E-state index in [0.29, 0.717) is 13.0 Å². The summed E-state index contributed by atoms with van der Waals surface area (Å²) in [5.74, 6) is -0.271. The van der Waals surface area contributed by atoms with Crippen LogP contribution < -0.4 is 16.4 Å². The summed E-state index contributed by atoms with van der Waals surface area (Å²) in [5.41, 5.74) is 6.13. The van der Waals surface area contributed by atoms with Gasteiger partial charge in [-0.25, -0.2) is 4.79 Å². The molecule has 0 fully saturated rings. The summed E-state index contributed by atoms with van der Waals surface area (Å²) in [5, 5.41) is 9.47. The fourth-order valence-electron chi connectivity index (χ4n) is 2.31. The number of amides is 3. The first-order chi connectivity index (χ1) is 11.0. The van der Waals surface area contributed by atoms with E-state index in [-0.39, 0.29) is 11.9 Å². The van der Waals surface area contributed by atoms with Gasteiger partial charge in [0.05, 0.1) is 6.54 Å². The SMILES string of the molecule is C[C@H](Cn1cccn1)NC(=O)[C@@H](Cc1ccccc1)NC(N)=O. The molecule has 1 heterocycles. The van der Waals surface area contributed by atoms with Gasteiger partial charge in [-0.2, -0.15) is 5.10 Å². The zero-order valence-electron chi connectivity index (χ0n) is 13.0. The van der Waals surface area contributed by atoms with Crippen molar-refractivity contribution in [3.05, 3.63) is 54.4 Å². The predicted molar refractivity (Wildman–Crippen MR) is 86.5 cm³/mol. The molecule has 0 saturated carbocycles. The Kier molecular flexibility index (Phi) is 5.74. The van der Waals surface area contributed by atoms with Crippen LogP contribution in [0.1, 0.15) is 12.5 Å². The molecule has 0 unspecified atom stereocenters. The van der Waals surface area contributed by atoms with E-state index in [1.54, 1.807) is 10.9 Å². The van der Waals surface area contributed by atoms with Gasteiger partial charge in [-0.3, -0.25) is 9.48 Å². The molecule has 0 aliphatic rings. The Hall–Kier alpha value is -2.83. The summed E-state index contributed by atoms with van der Waals surface area (Å²) in [7, 11) is 0. The number of aromatic nitrogens is 2. The van der Waals surface area contributed by atoms with Crippen molar-refractivity contribution in [2.24, 2.45) is 5.73 Å². The first-order valence-electron chi connectivity index (χ1n) is 7.42. The molecular formula is C16H21N5O2. The van der Waals surface area contributed by atoms with Gasteiger partial charge in [0, 0.05) is 24.9 Å². The number of carbonyl (C=O) groups is 2. The molecule has 2 aromatic rings. The van der Waals surface area contributed by atoms with E-state index in [9.17, 15) is 9.59 Å². The van der Waals surface area contributed by atoms with Crippen molar-refractivity contribution in [2.45, 2.75) is 32.0 Å². The Labute approximate surface area is 134 Å². The maximum absolute atomic E-state index is 12.4. The zero-order chi connectivity index (χ0) is 16.7. The van der Waals surface area contributed by atoms with E-state index in [2.05, 4.69) is 15.7 Å². The molecule has 7 nitrogen and oxygen atoms in total. The maximum Gasteiger partial charge on any atom is 0.312 e. The molecule has 0 bridgehead atoms. The number of nitrogens with one attached hydrogen (secondary N) is 2. The van der Waals surface area contributed by atoms with Crippen LogP contribution in [0.4, 0.5) is 4.79 Å². The second-order valence-corrected chi connectivity index (χ2v) is 5.39. The fraction of sp³-hybridized carbons (Fsp3) is 0.312. The standard InChI is InChI=1S/C16H21N5O2/c1-12(11-21-9-5-8-18-21)19-15(22)14(20-16(17)23)10-13-6-3-2-4-7-13/h2-9,12,14H,10-11H2,1H3,(H,19,22)(H3,17,20,23)/t12-,14-/m1/s1. The quantitative estimate of drug-likeness (QED) is 0.699. The number of primary amides is 1. The molecule has 7 heteroatoms. The molecule has 0 saturated heterocycles. The highest BCUT2D eigenvalue weighted by molar-refractivity contribution is 5.86. The van der Waals surface area contributed by atoms with Crippen LogP contribution in [0.3, 0.4) is 0 Å². The maximum atomic E-state index is 12.4. The molecule has 1 aromatic heterocycles. The van der Waals surface area contributed by atoms with Crippen LogP contribution in [0.25, 0.3) is 0 Å². The minimum atomic E-state index is -0.721. The first kappa shape index (κ1) is 16.5. The summed E-state index contributed by atoms with van der Waals surface area (Å²) in [4.78, 5) is 23.6. The molecule has 23 heavy (non-hydrogen) atoms. The number of nitrogens with zero attached hydrogens (tertiary/aromatic N) is 2. The third kappa shape index (κ3) is 5.46. The summed E-state index contributed by atoms with van der Waals surface area (Å²) < 4.78 is 1.73. The van der Waals surface area contributed by atoms with Crippen LogP contribution in [-0.4, -0.2) is 33.8 Å². The molecule has 0 radical (unpaired) electrons. The lowest BCUT2D eigenvalue weighted by atomic mass is 10.1. The molecule has 122 valence electrons. The first-order valence-corrected chi connectivity index (χ1v) is 7.42. The van der Waals surface area contributed by atoms with Gasteiger partial charge < -0.3 is 16.4 Å². The highest BCUT2D eigenvalue weighted by atomic mass is 16.2. The number of hydrogen-bond donors (Lipinski definition) is 3. The van der Waals surface area contributed by atoms with Gasteiger partial charge in [0.2, 0.25) is 5.91 Å². The van der Waals surface area contributed by atoms with Gasteiger partial charge >= 0.3 is 6.03 Å². The minimum Gasteiger partial charge on any atom is -0.352 e. The van der Waals surface area contributed by atoms with E-state index < -0.39 is 12.1 Å². The molecule has 0 aliphatic carbocycles.